The van der Waals surface area contributed by atoms with E-state index in [-0.39, 0.29) is 0 Å². The second-order valence-electron chi connectivity index (χ2n) is 5.21. The zero-order chi connectivity index (χ0) is 11.4. The average Bonchev–Trinajstić information content (AvgIpc) is 2.31. The van der Waals surface area contributed by atoms with Crippen molar-refractivity contribution >= 4 is 8.32 Å². The van der Waals surface area contributed by atoms with E-state index in [0.717, 1.165) is 12.1 Å². The first-order valence-corrected chi connectivity index (χ1v) is 9.08. The Morgan fingerprint density at radius 3 is 2.62 bits per heavy atom. The molecule has 0 aliphatic carbocycles. The molecule has 2 atom stereocenters. The Labute approximate surface area is 100.0 Å². The Kier molecular flexibility index (Phi) is 3.82. The van der Waals surface area contributed by atoms with E-state index in [1.165, 1.54) is 30.9 Å². The molecule has 1 aliphatic heterocycles. The minimum atomic E-state index is -1.42. The van der Waals surface area contributed by atoms with Crippen LogP contribution in [-0.4, -0.2) is 14.9 Å². The summed E-state index contributed by atoms with van der Waals surface area (Å²) < 4.78 is 6.14. The topological polar surface area (TPSA) is 9.23 Å². The van der Waals surface area contributed by atoms with E-state index in [2.05, 4.69) is 43.8 Å². The zero-order valence-electron chi connectivity index (χ0n) is 10.4. The van der Waals surface area contributed by atoms with Crippen LogP contribution < -0.4 is 0 Å². The zero-order valence-corrected chi connectivity index (χ0v) is 11.4. The van der Waals surface area contributed by atoms with Gasteiger partial charge in [0.05, 0.1) is 0 Å². The van der Waals surface area contributed by atoms with Crippen molar-refractivity contribution in [1.82, 2.24) is 0 Å². The van der Waals surface area contributed by atoms with Crippen molar-refractivity contribution in [3.63, 3.8) is 0 Å². The third kappa shape index (κ3) is 2.74. The van der Waals surface area contributed by atoms with E-state index in [1.54, 1.807) is 0 Å². The summed E-state index contributed by atoms with van der Waals surface area (Å²) in [6.07, 6.45) is 3.83. The van der Waals surface area contributed by atoms with Crippen LogP contribution in [0.2, 0.25) is 18.1 Å². The van der Waals surface area contributed by atoms with Crippen molar-refractivity contribution in [2.45, 2.75) is 44.3 Å². The highest BCUT2D eigenvalue weighted by Crippen LogP contribution is 2.34. The molecule has 2 heteroatoms. The second kappa shape index (κ2) is 5.15. The summed E-state index contributed by atoms with van der Waals surface area (Å²) in [5.41, 5.74) is 2.19. The van der Waals surface area contributed by atoms with Gasteiger partial charge in [-0.15, -0.1) is 0 Å². The minimum absolute atomic E-state index is 0.732. The van der Waals surface area contributed by atoms with Crippen LogP contribution in [0.3, 0.4) is 0 Å². The van der Waals surface area contributed by atoms with Gasteiger partial charge in [0, 0.05) is 6.61 Å². The van der Waals surface area contributed by atoms with Gasteiger partial charge in [-0.1, -0.05) is 43.7 Å². The van der Waals surface area contributed by atoms with E-state index in [4.69, 9.17) is 4.43 Å². The molecule has 88 valence electrons. The lowest BCUT2D eigenvalue weighted by molar-refractivity contribution is 0.263. The van der Waals surface area contributed by atoms with Gasteiger partial charge in [-0.3, -0.25) is 0 Å². The molecule has 0 radical (unpaired) electrons. The molecule has 0 saturated carbocycles. The Morgan fingerprint density at radius 1 is 1.25 bits per heavy atom. The van der Waals surface area contributed by atoms with E-state index < -0.39 is 8.32 Å². The summed E-state index contributed by atoms with van der Waals surface area (Å²) in [5, 5.41) is 0. The van der Waals surface area contributed by atoms with Gasteiger partial charge < -0.3 is 4.43 Å². The summed E-state index contributed by atoms with van der Waals surface area (Å²) >= 11 is 0. The highest BCUT2D eigenvalue weighted by Gasteiger charge is 2.37. The standard InChI is InChI=1S/C14H22OSi/c1-13(12-14-8-4-3-5-9-14)16(2)11-7-6-10-15-16/h3-5,8-9,13H,6-7,10-12H2,1-2H3. The predicted octanol–water partition coefficient (Wildman–Crippen LogP) is 4.00. The Hall–Kier alpha value is -0.603. The Morgan fingerprint density at radius 2 is 2.00 bits per heavy atom. The summed E-state index contributed by atoms with van der Waals surface area (Å²) in [6, 6.07) is 12.2. The quantitative estimate of drug-likeness (QED) is 0.718. The van der Waals surface area contributed by atoms with Gasteiger partial charge in [0.1, 0.15) is 0 Å². The fourth-order valence-corrected chi connectivity index (χ4v) is 5.68. The Balaban J connectivity index is 1.99. The Bertz CT molecular complexity index is 317. The first-order valence-electron chi connectivity index (χ1n) is 6.38. The minimum Gasteiger partial charge on any atom is -0.417 e. The van der Waals surface area contributed by atoms with Gasteiger partial charge in [-0.25, -0.2) is 0 Å². The van der Waals surface area contributed by atoms with Crippen LogP contribution in [0.15, 0.2) is 30.3 Å². The smallest absolute Gasteiger partial charge is 0.192 e. The molecule has 1 aromatic carbocycles. The van der Waals surface area contributed by atoms with E-state index >= 15 is 0 Å². The normalized spacial score (nSPS) is 27.6. The second-order valence-corrected chi connectivity index (χ2v) is 9.61. The largest absolute Gasteiger partial charge is 0.417 e. The van der Waals surface area contributed by atoms with Crippen molar-refractivity contribution in [1.29, 1.82) is 0 Å². The van der Waals surface area contributed by atoms with E-state index in [9.17, 15) is 0 Å². The van der Waals surface area contributed by atoms with Crippen molar-refractivity contribution in [3.05, 3.63) is 35.9 Å². The van der Waals surface area contributed by atoms with Gasteiger partial charge in [-0.05, 0) is 36.5 Å². The molecule has 2 unspecified atom stereocenters. The molecule has 1 aliphatic rings. The van der Waals surface area contributed by atoms with Gasteiger partial charge in [0.25, 0.3) is 0 Å². The molecule has 0 bridgehead atoms. The van der Waals surface area contributed by atoms with Crippen LogP contribution in [0, 0.1) is 0 Å². The van der Waals surface area contributed by atoms with Crippen LogP contribution in [-0.2, 0) is 10.8 Å². The van der Waals surface area contributed by atoms with E-state index in [1.807, 2.05) is 0 Å². The highest BCUT2D eigenvalue weighted by atomic mass is 28.4. The van der Waals surface area contributed by atoms with Crippen LogP contribution in [0.1, 0.15) is 25.3 Å². The SMILES string of the molecule is CC(Cc1ccccc1)[Si]1(C)CCCCO1. The van der Waals surface area contributed by atoms with Crippen LogP contribution in [0.4, 0.5) is 0 Å². The van der Waals surface area contributed by atoms with E-state index in [0.29, 0.717) is 0 Å². The molecule has 0 aromatic heterocycles. The third-order valence-corrected chi connectivity index (χ3v) is 8.43. The fourth-order valence-electron chi connectivity index (χ4n) is 2.53. The first-order chi connectivity index (χ1) is 7.71. The first kappa shape index (κ1) is 11.9. The van der Waals surface area contributed by atoms with Crippen molar-refractivity contribution < 1.29 is 4.43 Å². The number of hydrogen-bond donors (Lipinski definition) is 0. The van der Waals surface area contributed by atoms with Gasteiger partial charge in [0.2, 0.25) is 0 Å². The molecule has 16 heavy (non-hydrogen) atoms. The van der Waals surface area contributed by atoms with Crippen molar-refractivity contribution in [2.24, 2.45) is 0 Å². The molecule has 0 spiro atoms. The van der Waals surface area contributed by atoms with Crippen LogP contribution in [0.5, 0.6) is 0 Å². The molecular formula is C14H22OSi. The highest BCUT2D eigenvalue weighted by molar-refractivity contribution is 6.74. The molecule has 1 heterocycles. The molecular weight excluding hydrogens is 212 g/mol. The van der Waals surface area contributed by atoms with Crippen molar-refractivity contribution in [2.75, 3.05) is 6.61 Å². The number of hydrogen-bond acceptors (Lipinski definition) is 1. The van der Waals surface area contributed by atoms with Gasteiger partial charge in [-0.2, -0.15) is 0 Å². The summed E-state index contributed by atoms with van der Waals surface area (Å²) in [5.74, 6) is 0. The molecule has 1 nitrogen and oxygen atoms in total. The third-order valence-electron chi connectivity index (χ3n) is 3.93. The number of benzene rings is 1. The molecule has 1 fully saturated rings. The average molecular weight is 234 g/mol. The lowest BCUT2D eigenvalue weighted by Gasteiger charge is -2.36. The van der Waals surface area contributed by atoms with Gasteiger partial charge >= 0.3 is 0 Å². The maximum Gasteiger partial charge on any atom is 0.192 e. The predicted molar refractivity (Wildman–Crippen MR) is 71.2 cm³/mol. The van der Waals surface area contributed by atoms with Crippen LogP contribution in [0.25, 0.3) is 0 Å². The summed E-state index contributed by atoms with van der Waals surface area (Å²) in [7, 11) is -1.42. The lowest BCUT2D eigenvalue weighted by Crippen LogP contribution is -2.42. The van der Waals surface area contributed by atoms with Crippen LogP contribution >= 0.6 is 0 Å². The maximum atomic E-state index is 6.14. The van der Waals surface area contributed by atoms with Gasteiger partial charge in [0.15, 0.2) is 8.32 Å². The molecule has 1 saturated heterocycles. The fraction of sp³-hybridized carbons (Fsp3) is 0.571. The molecule has 0 amide bonds. The number of rotatable bonds is 3. The summed E-state index contributed by atoms with van der Waals surface area (Å²) in [4.78, 5) is 0. The lowest BCUT2D eigenvalue weighted by atomic mass is 10.1. The molecule has 2 rings (SSSR count). The molecule has 0 N–H and O–H groups in total. The maximum absolute atomic E-state index is 6.14. The summed E-state index contributed by atoms with van der Waals surface area (Å²) in [6.45, 7) is 5.80. The molecule has 1 aromatic rings. The van der Waals surface area contributed by atoms with Crippen molar-refractivity contribution in [3.8, 4) is 0 Å². The monoisotopic (exact) mass is 234 g/mol.